The maximum absolute atomic E-state index is 11.8. The second-order valence-corrected chi connectivity index (χ2v) is 2.60. The number of hydrogen-bond donors (Lipinski definition) is 1. The van der Waals surface area contributed by atoms with Crippen molar-refractivity contribution >= 4 is 6.21 Å². The zero-order chi connectivity index (χ0) is 11.5. The van der Waals surface area contributed by atoms with Crippen molar-refractivity contribution < 1.29 is 22.6 Å². The van der Waals surface area contributed by atoms with Gasteiger partial charge in [0.25, 0.3) is 0 Å². The predicted octanol–water partition coefficient (Wildman–Crippen LogP) is 2.59. The molecule has 0 aliphatic heterocycles. The Morgan fingerprint density at radius 2 is 2.00 bits per heavy atom. The summed E-state index contributed by atoms with van der Waals surface area (Å²) in [4.78, 5) is 0. The summed E-state index contributed by atoms with van der Waals surface area (Å²) in [5.41, 5.74) is 0.222. The molecule has 1 aromatic carbocycles. The molecular formula is C9H8F3NO2. The SMILES string of the molecule is COc1ccc(OC(F)(F)F)cc1C=N. The molecule has 15 heavy (non-hydrogen) atoms. The number of nitrogens with one attached hydrogen (secondary N) is 1. The van der Waals surface area contributed by atoms with Crippen LogP contribution in [-0.2, 0) is 0 Å². The van der Waals surface area contributed by atoms with Gasteiger partial charge in [0.1, 0.15) is 11.5 Å². The molecule has 6 heteroatoms. The van der Waals surface area contributed by atoms with Gasteiger partial charge in [-0.05, 0) is 18.2 Å². The lowest BCUT2D eigenvalue weighted by Crippen LogP contribution is -2.17. The van der Waals surface area contributed by atoms with E-state index in [1.54, 1.807) is 0 Å². The molecule has 0 fully saturated rings. The summed E-state index contributed by atoms with van der Waals surface area (Å²) in [5.74, 6) is -0.0543. The Morgan fingerprint density at radius 1 is 1.33 bits per heavy atom. The summed E-state index contributed by atoms with van der Waals surface area (Å²) in [5, 5.41) is 6.97. The number of rotatable bonds is 3. The van der Waals surface area contributed by atoms with Gasteiger partial charge in [0.05, 0.1) is 7.11 Å². The van der Waals surface area contributed by atoms with Crippen LogP contribution in [0.1, 0.15) is 5.56 Å². The standard InChI is InChI=1S/C9H8F3NO2/c1-14-8-3-2-7(4-6(8)5-13)15-9(10,11)12/h2-5,13H,1H3. The monoisotopic (exact) mass is 219 g/mol. The van der Waals surface area contributed by atoms with E-state index in [-0.39, 0.29) is 11.3 Å². The summed E-state index contributed by atoms with van der Waals surface area (Å²) < 4.78 is 44.1. The molecule has 1 rings (SSSR count). The molecule has 0 spiro atoms. The Morgan fingerprint density at radius 3 is 2.47 bits per heavy atom. The van der Waals surface area contributed by atoms with Crippen molar-refractivity contribution in [2.75, 3.05) is 7.11 Å². The fourth-order valence-corrected chi connectivity index (χ4v) is 1.02. The second kappa shape index (κ2) is 4.20. The van der Waals surface area contributed by atoms with Gasteiger partial charge >= 0.3 is 6.36 Å². The molecule has 0 unspecified atom stereocenters. The van der Waals surface area contributed by atoms with Crippen LogP contribution in [-0.4, -0.2) is 19.7 Å². The molecule has 0 saturated heterocycles. The first kappa shape index (κ1) is 11.4. The van der Waals surface area contributed by atoms with Crippen molar-refractivity contribution in [2.45, 2.75) is 6.36 Å². The highest BCUT2D eigenvalue weighted by Crippen LogP contribution is 2.27. The lowest BCUT2D eigenvalue weighted by molar-refractivity contribution is -0.274. The third-order valence-electron chi connectivity index (χ3n) is 1.59. The van der Waals surface area contributed by atoms with Crippen LogP contribution in [0.5, 0.6) is 11.5 Å². The predicted molar refractivity (Wildman–Crippen MR) is 47.6 cm³/mol. The molecular weight excluding hydrogens is 211 g/mol. The Bertz CT molecular complexity index is 363. The highest BCUT2D eigenvalue weighted by Gasteiger charge is 2.31. The number of methoxy groups -OCH3 is 1. The first-order valence-corrected chi connectivity index (χ1v) is 3.90. The molecule has 0 radical (unpaired) electrons. The number of ether oxygens (including phenoxy) is 2. The summed E-state index contributed by atoms with van der Waals surface area (Å²) in [7, 11) is 1.37. The van der Waals surface area contributed by atoms with Crippen molar-refractivity contribution in [3.63, 3.8) is 0 Å². The molecule has 1 aromatic rings. The average Bonchev–Trinajstić information content (AvgIpc) is 2.15. The van der Waals surface area contributed by atoms with E-state index in [9.17, 15) is 13.2 Å². The zero-order valence-corrected chi connectivity index (χ0v) is 7.76. The van der Waals surface area contributed by atoms with E-state index >= 15 is 0 Å². The smallest absolute Gasteiger partial charge is 0.496 e. The molecule has 1 N–H and O–H groups in total. The molecule has 3 nitrogen and oxygen atoms in total. The van der Waals surface area contributed by atoms with Crippen LogP contribution in [0.2, 0.25) is 0 Å². The van der Waals surface area contributed by atoms with E-state index in [0.717, 1.165) is 18.3 Å². The summed E-state index contributed by atoms with van der Waals surface area (Å²) >= 11 is 0. The Hall–Kier alpha value is -1.72. The van der Waals surface area contributed by atoms with Crippen molar-refractivity contribution in [1.29, 1.82) is 5.41 Å². The lowest BCUT2D eigenvalue weighted by Gasteiger charge is -2.10. The van der Waals surface area contributed by atoms with E-state index in [0.29, 0.717) is 5.75 Å². The topological polar surface area (TPSA) is 42.3 Å². The molecule has 0 aromatic heterocycles. The van der Waals surface area contributed by atoms with Crippen LogP contribution in [0.4, 0.5) is 13.2 Å². The van der Waals surface area contributed by atoms with Crippen molar-refractivity contribution in [3.05, 3.63) is 23.8 Å². The quantitative estimate of drug-likeness (QED) is 0.794. The third-order valence-corrected chi connectivity index (χ3v) is 1.59. The van der Waals surface area contributed by atoms with Crippen LogP contribution in [0.15, 0.2) is 18.2 Å². The minimum Gasteiger partial charge on any atom is -0.496 e. The zero-order valence-electron chi connectivity index (χ0n) is 7.76. The normalized spacial score (nSPS) is 10.9. The highest BCUT2D eigenvalue weighted by molar-refractivity contribution is 5.81. The molecule has 0 bridgehead atoms. The van der Waals surface area contributed by atoms with Crippen LogP contribution in [0.25, 0.3) is 0 Å². The Labute approximate surface area is 83.9 Å². The molecule has 0 amide bonds. The minimum absolute atomic E-state index is 0.222. The lowest BCUT2D eigenvalue weighted by atomic mass is 10.2. The Balaban J connectivity index is 2.98. The van der Waals surface area contributed by atoms with E-state index in [1.165, 1.54) is 13.2 Å². The molecule has 0 aliphatic rings. The number of hydrogen-bond acceptors (Lipinski definition) is 3. The highest BCUT2D eigenvalue weighted by atomic mass is 19.4. The molecule has 0 saturated carbocycles. The van der Waals surface area contributed by atoms with Crippen LogP contribution < -0.4 is 9.47 Å². The van der Waals surface area contributed by atoms with Gasteiger partial charge in [0.2, 0.25) is 0 Å². The van der Waals surface area contributed by atoms with Gasteiger partial charge < -0.3 is 14.9 Å². The van der Waals surface area contributed by atoms with Gasteiger partial charge in [0.15, 0.2) is 0 Å². The molecule has 0 aliphatic carbocycles. The van der Waals surface area contributed by atoms with Gasteiger partial charge in [-0.2, -0.15) is 0 Å². The number of alkyl halides is 3. The van der Waals surface area contributed by atoms with E-state index in [4.69, 9.17) is 10.1 Å². The van der Waals surface area contributed by atoms with E-state index in [2.05, 4.69) is 4.74 Å². The van der Waals surface area contributed by atoms with Gasteiger partial charge in [-0.25, -0.2) is 0 Å². The second-order valence-electron chi connectivity index (χ2n) is 2.60. The largest absolute Gasteiger partial charge is 0.573 e. The molecule has 0 heterocycles. The fourth-order valence-electron chi connectivity index (χ4n) is 1.02. The summed E-state index contributed by atoms with van der Waals surface area (Å²) in [6, 6.07) is 3.51. The summed E-state index contributed by atoms with van der Waals surface area (Å²) in [6.45, 7) is 0. The third kappa shape index (κ3) is 3.16. The van der Waals surface area contributed by atoms with Crippen LogP contribution in [0.3, 0.4) is 0 Å². The first-order valence-electron chi connectivity index (χ1n) is 3.90. The maximum atomic E-state index is 11.8. The number of benzene rings is 1. The fraction of sp³-hybridized carbons (Fsp3) is 0.222. The maximum Gasteiger partial charge on any atom is 0.573 e. The average molecular weight is 219 g/mol. The minimum atomic E-state index is -4.73. The number of halogens is 3. The Kier molecular flexibility index (Phi) is 3.18. The van der Waals surface area contributed by atoms with Crippen LogP contribution >= 0.6 is 0 Å². The van der Waals surface area contributed by atoms with Gasteiger partial charge in [0, 0.05) is 11.8 Å². The molecule has 0 atom stereocenters. The van der Waals surface area contributed by atoms with Crippen molar-refractivity contribution in [2.24, 2.45) is 0 Å². The summed E-state index contributed by atoms with van der Waals surface area (Å²) in [6.07, 6.45) is -3.84. The van der Waals surface area contributed by atoms with Crippen molar-refractivity contribution in [3.8, 4) is 11.5 Å². The van der Waals surface area contributed by atoms with E-state index in [1.807, 2.05) is 0 Å². The van der Waals surface area contributed by atoms with Crippen molar-refractivity contribution in [1.82, 2.24) is 0 Å². The van der Waals surface area contributed by atoms with Gasteiger partial charge in [-0.3, -0.25) is 0 Å². The van der Waals surface area contributed by atoms with Crippen LogP contribution in [0, 0.1) is 5.41 Å². The van der Waals surface area contributed by atoms with Gasteiger partial charge in [-0.15, -0.1) is 13.2 Å². The van der Waals surface area contributed by atoms with Gasteiger partial charge in [-0.1, -0.05) is 0 Å². The van der Waals surface area contributed by atoms with E-state index < -0.39 is 6.36 Å². The first-order chi connectivity index (χ1) is 6.96. The molecule has 82 valence electrons.